The second-order valence-corrected chi connectivity index (χ2v) is 6.02. The largest absolute Gasteiger partial charge is 0.307 e. The van der Waals surface area contributed by atoms with E-state index in [0.717, 1.165) is 25.4 Å². The van der Waals surface area contributed by atoms with Crippen LogP contribution in [-0.4, -0.2) is 43.0 Å². The maximum atomic E-state index is 12.2. The minimum Gasteiger partial charge on any atom is -0.307 e. The number of hydrogen-bond donors (Lipinski definition) is 1. The summed E-state index contributed by atoms with van der Waals surface area (Å²) in [5, 5.41) is 3.00. The summed E-state index contributed by atoms with van der Waals surface area (Å²) in [7, 11) is 0. The summed E-state index contributed by atoms with van der Waals surface area (Å²) in [6, 6.07) is 0.965. The predicted octanol–water partition coefficient (Wildman–Crippen LogP) is 2.35. The van der Waals surface area contributed by atoms with Gasteiger partial charge in [0.1, 0.15) is 0 Å². The second-order valence-electron chi connectivity index (χ2n) is 6.02. The van der Waals surface area contributed by atoms with Crippen LogP contribution < -0.4 is 5.32 Å². The standard InChI is InChI=1S/C13H24F2N2/c1-9-4-12(5-9)17-7-10(2)3-11(8-17)16-6-13(14)15/h9-13,16H,3-8H2,1-2H3. The van der Waals surface area contributed by atoms with Crippen LogP contribution >= 0.6 is 0 Å². The van der Waals surface area contributed by atoms with Gasteiger partial charge in [0.05, 0.1) is 6.54 Å². The third kappa shape index (κ3) is 3.62. The Balaban J connectivity index is 1.79. The molecule has 0 aromatic carbocycles. The predicted molar refractivity (Wildman–Crippen MR) is 65.3 cm³/mol. The number of halogens is 2. The molecule has 1 saturated heterocycles. The Morgan fingerprint density at radius 3 is 2.41 bits per heavy atom. The van der Waals surface area contributed by atoms with Gasteiger partial charge in [0.2, 0.25) is 0 Å². The molecule has 0 amide bonds. The molecule has 2 aliphatic rings. The molecule has 2 nitrogen and oxygen atoms in total. The molecule has 17 heavy (non-hydrogen) atoms. The van der Waals surface area contributed by atoms with Crippen LogP contribution in [0, 0.1) is 11.8 Å². The molecule has 100 valence electrons. The van der Waals surface area contributed by atoms with Crippen LogP contribution in [0.5, 0.6) is 0 Å². The lowest BCUT2D eigenvalue weighted by atomic mass is 9.79. The van der Waals surface area contributed by atoms with Crippen molar-refractivity contribution in [3.05, 3.63) is 0 Å². The first kappa shape index (κ1) is 13.2. The lowest BCUT2D eigenvalue weighted by molar-refractivity contribution is 0.0336. The van der Waals surface area contributed by atoms with E-state index in [1.807, 2.05) is 0 Å². The van der Waals surface area contributed by atoms with Crippen molar-refractivity contribution in [2.75, 3.05) is 19.6 Å². The molecule has 2 atom stereocenters. The van der Waals surface area contributed by atoms with Gasteiger partial charge >= 0.3 is 0 Å². The lowest BCUT2D eigenvalue weighted by Gasteiger charge is -2.47. The van der Waals surface area contributed by atoms with Crippen molar-refractivity contribution in [3.8, 4) is 0 Å². The summed E-state index contributed by atoms with van der Waals surface area (Å²) in [6.45, 7) is 6.45. The first-order valence-electron chi connectivity index (χ1n) is 6.80. The van der Waals surface area contributed by atoms with Crippen LogP contribution in [0.15, 0.2) is 0 Å². The monoisotopic (exact) mass is 246 g/mol. The van der Waals surface area contributed by atoms with Gasteiger partial charge in [-0.3, -0.25) is 4.90 Å². The van der Waals surface area contributed by atoms with E-state index < -0.39 is 6.43 Å². The fraction of sp³-hybridized carbons (Fsp3) is 1.00. The Labute approximate surface area is 103 Å². The van der Waals surface area contributed by atoms with Crippen molar-refractivity contribution >= 4 is 0 Å². The Morgan fingerprint density at radius 1 is 1.12 bits per heavy atom. The summed E-state index contributed by atoms with van der Waals surface area (Å²) < 4.78 is 24.4. The van der Waals surface area contributed by atoms with Crippen molar-refractivity contribution in [1.29, 1.82) is 0 Å². The van der Waals surface area contributed by atoms with Crippen LogP contribution in [0.3, 0.4) is 0 Å². The third-order valence-corrected chi connectivity index (χ3v) is 4.11. The summed E-state index contributed by atoms with van der Waals surface area (Å²) >= 11 is 0. The summed E-state index contributed by atoms with van der Waals surface area (Å²) in [5.41, 5.74) is 0. The Morgan fingerprint density at radius 2 is 1.82 bits per heavy atom. The minimum atomic E-state index is -2.23. The molecule has 1 N–H and O–H groups in total. The number of nitrogens with one attached hydrogen (secondary N) is 1. The summed E-state index contributed by atoms with van der Waals surface area (Å²) in [4.78, 5) is 2.51. The second kappa shape index (κ2) is 5.61. The van der Waals surface area contributed by atoms with Crippen molar-refractivity contribution in [3.63, 3.8) is 0 Å². The van der Waals surface area contributed by atoms with Gasteiger partial charge in [-0.15, -0.1) is 0 Å². The van der Waals surface area contributed by atoms with E-state index in [0.29, 0.717) is 12.0 Å². The Kier molecular flexibility index (Phi) is 4.36. The molecule has 0 aromatic rings. The van der Waals surface area contributed by atoms with E-state index in [2.05, 4.69) is 24.1 Å². The van der Waals surface area contributed by atoms with Gasteiger partial charge < -0.3 is 5.32 Å². The summed E-state index contributed by atoms with van der Waals surface area (Å²) in [5.74, 6) is 1.47. The average Bonchev–Trinajstić information content (AvgIpc) is 2.21. The van der Waals surface area contributed by atoms with Gasteiger partial charge in [-0.25, -0.2) is 8.78 Å². The van der Waals surface area contributed by atoms with Gasteiger partial charge in [-0.05, 0) is 31.1 Å². The number of alkyl halides is 2. The zero-order chi connectivity index (χ0) is 12.4. The van der Waals surface area contributed by atoms with Crippen molar-refractivity contribution in [2.45, 2.75) is 51.6 Å². The molecule has 0 radical (unpaired) electrons. The van der Waals surface area contributed by atoms with Gasteiger partial charge in [0.25, 0.3) is 6.43 Å². The molecule has 2 fully saturated rings. The molecule has 1 saturated carbocycles. The molecule has 1 heterocycles. The van der Waals surface area contributed by atoms with Gasteiger partial charge in [-0.2, -0.15) is 0 Å². The van der Waals surface area contributed by atoms with E-state index in [4.69, 9.17) is 0 Å². The SMILES string of the molecule is CC1CC(N2CC(C)CC(NCC(F)F)C2)C1. The highest BCUT2D eigenvalue weighted by Crippen LogP contribution is 2.33. The van der Waals surface area contributed by atoms with Crippen molar-refractivity contribution < 1.29 is 8.78 Å². The van der Waals surface area contributed by atoms with Crippen molar-refractivity contribution in [1.82, 2.24) is 10.2 Å². The van der Waals surface area contributed by atoms with Crippen LogP contribution in [0.1, 0.15) is 33.1 Å². The number of likely N-dealkylation sites (tertiary alicyclic amines) is 1. The smallest absolute Gasteiger partial charge is 0.250 e. The van der Waals surface area contributed by atoms with Crippen LogP contribution in [0.4, 0.5) is 8.78 Å². The quantitative estimate of drug-likeness (QED) is 0.819. The first-order chi connectivity index (χ1) is 8.04. The number of piperidine rings is 1. The van der Waals surface area contributed by atoms with Gasteiger partial charge in [-0.1, -0.05) is 13.8 Å². The van der Waals surface area contributed by atoms with E-state index >= 15 is 0 Å². The number of rotatable bonds is 4. The Bertz CT molecular complexity index is 242. The van der Waals surface area contributed by atoms with Crippen molar-refractivity contribution in [2.24, 2.45) is 11.8 Å². The average molecular weight is 246 g/mol. The van der Waals surface area contributed by atoms with E-state index in [-0.39, 0.29) is 12.6 Å². The van der Waals surface area contributed by atoms with E-state index in [1.54, 1.807) is 0 Å². The zero-order valence-corrected chi connectivity index (χ0v) is 10.8. The molecule has 1 aliphatic carbocycles. The highest BCUT2D eigenvalue weighted by atomic mass is 19.3. The topological polar surface area (TPSA) is 15.3 Å². The fourth-order valence-electron chi connectivity index (χ4n) is 3.25. The molecule has 0 aromatic heterocycles. The normalized spacial score (nSPS) is 39.4. The molecule has 2 rings (SSSR count). The van der Waals surface area contributed by atoms with E-state index in [9.17, 15) is 8.78 Å². The fourth-order valence-corrected chi connectivity index (χ4v) is 3.25. The minimum absolute atomic E-state index is 0.160. The zero-order valence-electron chi connectivity index (χ0n) is 10.8. The molecule has 0 bridgehead atoms. The molecule has 2 unspecified atom stereocenters. The maximum absolute atomic E-state index is 12.2. The number of nitrogens with zero attached hydrogens (tertiary/aromatic N) is 1. The molecule has 0 spiro atoms. The van der Waals surface area contributed by atoms with E-state index in [1.165, 1.54) is 12.8 Å². The van der Waals surface area contributed by atoms with Crippen LogP contribution in [0.2, 0.25) is 0 Å². The molecular weight excluding hydrogens is 222 g/mol. The number of hydrogen-bond acceptors (Lipinski definition) is 2. The Hall–Kier alpha value is -0.220. The highest BCUT2D eigenvalue weighted by Gasteiger charge is 2.35. The maximum Gasteiger partial charge on any atom is 0.250 e. The first-order valence-corrected chi connectivity index (χ1v) is 6.80. The van der Waals surface area contributed by atoms with Crippen LogP contribution in [0.25, 0.3) is 0 Å². The van der Waals surface area contributed by atoms with Gasteiger partial charge in [0, 0.05) is 25.2 Å². The van der Waals surface area contributed by atoms with Crippen LogP contribution in [-0.2, 0) is 0 Å². The molecule has 1 aliphatic heterocycles. The third-order valence-electron chi connectivity index (χ3n) is 4.11. The van der Waals surface area contributed by atoms with Gasteiger partial charge in [0.15, 0.2) is 0 Å². The molecule has 4 heteroatoms. The lowest BCUT2D eigenvalue weighted by Crippen LogP contribution is -2.55. The molecular formula is C13H24F2N2. The highest BCUT2D eigenvalue weighted by molar-refractivity contribution is 4.91. The summed E-state index contributed by atoms with van der Waals surface area (Å²) in [6.07, 6.45) is 1.37.